The van der Waals surface area contributed by atoms with Crippen LogP contribution in [0.25, 0.3) is 10.2 Å². The number of nitrogens with zero attached hydrogens (tertiary/aromatic N) is 2. The number of carbonyl (C=O) groups excluding carboxylic acids is 2. The van der Waals surface area contributed by atoms with Gasteiger partial charge in [-0.3, -0.25) is 9.59 Å². The van der Waals surface area contributed by atoms with Crippen LogP contribution < -0.4 is 14.3 Å². The number of benzene rings is 1. The number of amides is 1. The molecule has 2 heterocycles. The van der Waals surface area contributed by atoms with Crippen molar-refractivity contribution in [3.8, 4) is 11.5 Å². The second-order valence-corrected chi connectivity index (χ2v) is 8.00. The van der Waals surface area contributed by atoms with E-state index in [1.807, 2.05) is 37.5 Å². The molecule has 1 aliphatic heterocycles. The molecule has 0 saturated carbocycles. The zero-order valence-corrected chi connectivity index (χ0v) is 16.1. The second-order valence-electron chi connectivity index (χ2n) is 6.99. The number of carbonyl (C=O) groups is 2. The van der Waals surface area contributed by atoms with E-state index in [4.69, 9.17) is 14.2 Å². The molecule has 0 spiro atoms. The van der Waals surface area contributed by atoms with Crippen LogP contribution in [0.5, 0.6) is 11.5 Å². The molecule has 0 unspecified atom stereocenters. The summed E-state index contributed by atoms with van der Waals surface area (Å²) in [4.78, 5) is 28.8. The highest BCUT2D eigenvalue weighted by molar-refractivity contribution is 7.16. The summed E-state index contributed by atoms with van der Waals surface area (Å²) in [6.07, 6.45) is 0.188. The van der Waals surface area contributed by atoms with Crippen LogP contribution in [0.1, 0.15) is 27.2 Å². The molecule has 0 radical (unpaired) electrons. The van der Waals surface area contributed by atoms with E-state index in [-0.39, 0.29) is 18.3 Å². The van der Waals surface area contributed by atoms with Gasteiger partial charge < -0.3 is 18.8 Å². The summed E-state index contributed by atoms with van der Waals surface area (Å²) in [7, 11) is 1.36. The van der Waals surface area contributed by atoms with E-state index in [0.717, 1.165) is 10.2 Å². The largest absolute Gasteiger partial charge is 0.486 e. The average Bonchev–Trinajstić information content (AvgIpc) is 2.92. The molecule has 1 aromatic carbocycles. The Morgan fingerprint density at radius 1 is 1.23 bits per heavy atom. The molecule has 3 rings (SSSR count). The first-order valence-electron chi connectivity index (χ1n) is 8.38. The van der Waals surface area contributed by atoms with Gasteiger partial charge in [-0.15, -0.1) is 0 Å². The number of methoxy groups -OCH3 is 1. The average molecular weight is 378 g/mol. The monoisotopic (exact) mass is 378 g/mol. The van der Waals surface area contributed by atoms with Crippen molar-refractivity contribution in [2.24, 2.45) is 10.4 Å². The van der Waals surface area contributed by atoms with Gasteiger partial charge in [-0.2, -0.15) is 4.99 Å². The maximum atomic E-state index is 12.4. The molecule has 0 saturated heterocycles. The molecule has 7 nitrogen and oxygen atoms in total. The Bertz CT molecular complexity index is 920. The van der Waals surface area contributed by atoms with Gasteiger partial charge in [0.1, 0.15) is 13.2 Å². The number of hydrogen-bond donors (Lipinski definition) is 0. The van der Waals surface area contributed by atoms with E-state index in [9.17, 15) is 9.59 Å². The molecule has 0 N–H and O–H groups in total. The molecule has 2 aromatic rings. The van der Waals surface area contributed by atoms with Crippen LogP contribution in [0.2, 0.25) is 0 Å². The Morgan fingerprint density at radius 2 is 1.88 bits per heavy atom. The first kappa shape index (κ1) is 18.4. The highest BCUT2D eigenvalue weighted by Crippen LogP contribution is 2.35. The summed E-state index contributed by atoms with van der Waals surface area (Å²) < 4.78 is 18.8. The van der Waals surface area contributed by atoms with Crippen molar-refractivity contribution < 1.29 is 23.8 Å². The van der Waals surface area contributed by atoms with Crippen LogP contribution in [-0.4, -0.2) is 36.8 Å². The number of aromatic nitrogens is 1. The first-order chi connectivity index (χ1) is 12.3. The van der Waals surface area contributed by atoms with Crippen molar-refractivity contribution in [2.75, 3.05) is 20.3 Å². The van der Waals surface area contributed by atoms with Crippen LogP contribution in [0, 0.1) is 5.41 Å². The Morgan fingerprint density at radius 3 is 2.50 bits per heavy atom. The molecule has 1 aromatic heterocycles. The lowest BCUT2D eigenvalue weighted by atomic mass is 9.96. The van der Waals surface area contributed by atoms with Crippen molar-refractivity contribution in [2.45, 2.75) is 33.7 Å². The van der Waals surface area contributed by atoms with Crippen molar-refractivity contribution in [3.05, 3.63) is 16.9 Å². The second kappa shape index (κ2) is 7.11. The van der Waals surface area contributed by atoms with Gasteiger partial charge in [0.15, 0.2) is 16.3 Å². The summed E-state index contributed by atoms with van der Waals surface area (Å²) in [6.45, 7) is 6.83. The lowest BCUT2D eigenvalue weighted by Gasteiger charge is -2.18. The lowest BCUT2D eigenvalue weighted by molar-refractivity contribution is -0.140. The quantitative estimate of drug-likeness (QED) is 0.767. The highest BCUT2D eigenvalue weighted by Gasteiger charge is 2.22. The van der Waals surface area contributed by atoms with Crippen LogP contribution >= 0.6 is 11.3 Å². The van der Waals surface area contributed by atoms with Crippen LogP contribution in [0.4, 0.5) is 0 Å². The van der Waals surface area contributed by atoms with Crippen LogP contribution in [0.3, 0.4) is 0 Å². The van der Waals surface area contributed by atoms with Gasteiger partial charge in [0.05, 0.1) is 23.7 Å². The van der Waals surface area contributed by atoms with Crippen molar-refractivity contribution in [1.29, 1.82) is 0 Å². The summed E-state index contributed by atoms with van der Waals surface area (Å²) in [5.41, 5.74) is 0.269. The third-order valence-electron chi connectivity index (χ3n) is 3.95. The first-order valence-corrected chi connectivity index (χ1v) is 9.20. The molecule has 8 heteroatoms. The Balaban J connectivity index is 2.13. The summed E-state index contributed by atoms with van der Waals surface area (Å²) in [5.74, 6) is 0.802. The van der Waals surface area contributed by atoms with Crippen LogP contribution in [0.15, 0.2) is 17.1 Å². The van der Waals surface area contributed by atoms with E-state index >= 15 is 0 Å². The van der Waals surface area contributed by atoms with Gasteiger partial charge in [0, 0.05) is 24.1 Å². The lowest BCUT2D eigenvalue weighted by Crippen LogP contribution is -2.24. The smallest absolute Gasteiger partial charge is 0.307 e. The number of fused-ring (bicyclic) bond motifs is 2. The molecule has 0 aliphatic carbocycles. The van der Waals surface area contributed by atoms with Gasteiger partial charge >= 0.3 is 5.97 Å². The fourth-order valence-electron chi connectivity index (χ4n) is 2.47. The zero-order valence-electron chi connectivity index (χ0n) is 15.3. The molecule has 140 valence electrons. The van der Waals surface area contributed by atoms with Gasteiger partial charge in [0.25, 0.3) is 5.91 Å². The predicted molar refractivity (Wildman–Crippen MR) is 97.5 cm³/mol. The molecule has 1 amide bonds. The van der Waals surface area contributed by atoms with E-state index in [1.54, 1.807) is 0 Å². The molecule has 26 heavy (non-hydrogen) atoms. The normalized spacial score (nSPS) is 14.5. The standard InChI is InChI=1S/C18H22N2O5S/c1-18(2,3)16(22)19-17-20(6-5-15(21)23-4)11-9-12-13(10-14(11)26-17)25-8-7-24-12/h9-10H,5-8H2,1-4H3. The Labute approximate surface area is 155 Å². The van der Waals surface area contributed by atoms with Gasteiger partial charge in [-0.25, -0.2) is 0 Å². The zero-order chi connectivity index (χ0) is 18.9. The molecule has 1 aliphatic rings. The van der Waals surface area contributed by atoms with Gasteiger partial charge in [-0.1, -0.05) is 32.1 Å². The summed E-state index contributed by atoms with van der Waals surface area (Å²) in [5, 5.41) is 0. The molecular formula is C18H22N2O5S. The number of ether oxygens (including phenoxy) is 3. The van der Waals surface area contributed by atoms with E-state index in [2.05, 4.69) is 4.99 Å². The third kappa shape index (κ3) is 3.75. The predicted octanol–water partition coefficient (Wildman–Crippen LogP) is 2.51. The van der Waals surface area contributed by atoms with Crippen molar-refractivity contribution >= 4 is 33.4 Å². The van der Waals surface area contributed by atoms with Gasteiger partial charge in [0.2, 0.25) is 0 Å². The maximum Gasteiger partial charge on any atom is 0.307 e. The minimum atomic E-state index is -0.582. The SMILES string of the molecule is COC(=O)CCn1c(=NC(=O)C(C)(C)C)sc2cc3c(cc21)OCCO3. The number of aryl methyl sites for hydroxylation is 1. The molecule has 0 fully saturated rings. The molecule has 0 bridgehead atoms. The third-order valence-corrected chi connectivity index (χ3v) is 4.99. The van der Waals surface area contributed by atoms with E-state index < -0.39 is 5.41 Å². The van der Waals surface area contributed by atoms with Crippen molar-refractivity contribution in [1.82, 2.24) is 4.57 Å². The van der Waals surface area contributed by atoms with Gasteiger partial charge in [-0.05, 0) is 0 Å². The fraction of sp³-hybridized carbons (Fsp3) is 0.500. The molecular weight excluding hydrogens is 356 g/mol. The number of thiazole rings is 1. The molecule has 0 atom stereocenters. The Hall–Kier alpha value is -2.35. The Kier molecular flexibility index (Phi) is 5.04. The minimum absolute atomic E-state index is 0.188. The maximum absolute atomic E-state index is 12.4. The van der Waals surface area contributed by atoms with E-state index in [0.29, 0.717) is 36.1 Å². The number of esters is 1. The number of rotatable bonds is 3. The van der Waals surface area contributed by atoms with Crippen molar-refractivity contribution in [3.63, 3.8) is 0 Å². The minimum Gasteiger partial charge on any atom is -0.486 e. The fourth-order valence-corrected chi connectivity index (χ4v) is 3.53. The van der Waals surface area contributed by atoms with Crippen LogP contribution in [-0.2, 0) is 20.9 Å². The topological polar surface area (TPSA) is 79.1 Å². The highest BCUT2D eigenvalue weighted by atomic mass is 32.1. The van der Waals surface area contributed by atoms with E-state index in [1.165, 1.54) is 18.4 Å². The summed E-state index contributed by atoms with van der Waals surface area (Å²) >= 11 is 1.39. The summed E-state index contributed by atoms with van der Waals surface area (Å²) in [6, 6.07) is 3.77. The number of hydrogen-bond acceptors (Lipinski definition) is 6.